The van der Waals surface area contributed by atoms with Gasteiger partial charge in [0.2, 0.25) is 5.88 Å². The molecule has 2 aromatic heterocycles. The summed E-state index contributed by atoms with van der Waals surface area (Å²) in [7, 11) is 0. The summed E-state index contributed by atoms with van der Waals surface area (Å²) in [4.78, 5) is 8.11. The number of nitrogens with two attached hydrogens (primary N) is 1. The Balaban J connectivity index is 1.96. The minimum atomic E-state index is -4.42. The number of alkyl halides is 3. The lowest BCUT2D eigenvalue weighted by Gasteiger charge is -2.09. The van der Waals surface area contributed by atoms with Gasteiger partial charge in [0.15, 0.2) is 5.75 Å². The Kier molecular flexibility index (Phi) is 3.95. The first-order chi connectivity index (χ1) is 10.9. The van der Waals surface area contributed by atoms with Crippen LogP contribution in [0.25, 0.3) is 10.2 Å². The van der Waals surface area contributed by atoms with Crippen molar-refractivity contribution in [2.75, 3.05) is 0 Å². The fourth-order valence-electron chi connectivity index (χ4n) is 2.11. The molecule has 8 heteroatoms. The molecule has 0 fully saturated rings. The standard InChI is InChI=1S/C15H12F3N3OS/c1-8-21-13-11(4-2-9(6-19)14(13)23-8)22-12-5-3-10(7-20-12)15(16,17)18/h2-5,7H,6,19H2,1H3. The lowest BCUT2D eigenvalue weighted by molar-refractivity contribution is -0.137. The number of hydrogen-bond acceptors (Lipinski definition) is 5. The van der Waals surface area contributed by atoms with Gasteiger partial charge in [-0.25, -0.2) is 9.97 Å². The van der Waals surface area contributed by atoms with Crippen LogP contribution in [0, 0.1) is 6.92 Å². The third-order valence-electron chi connectivity index (χ3n) is 3.19. The Bertz CT molecular complexity index is 844. The molecule has 0 unspecified atom stereocenters. The largest absolute Gasteiger partial charge is 0.437 e. The third kappa shape index (κ3) is 3.13. The first-order valence-electron chi connectivity index (χ1n) is 6.68. The van der Waals surface area contributed by atoms with Gasteiger partial charge in [-0.15, -0.1) is 11.3 Å². The average molecular weight is 339 g/mol. The lowest BCUT2D eigenvalue weighted by Crippen LogP contribution is -2.05. The summed E-state index contributed by atoms with van der Waals surface area (Å²) in [6.45, 7) is 2.24. The molecule has 0 aliphatic rings. The van der Waals surface area contributed by atoms with Crippen molar-refractivity contribution in [2.45, 2.75) is 19.6 Å². The van der Waals surface area contributed by atoms with E-state index in [4.69, 9.17) is 10.5 Å². The van der Waals surface area contributed by atoms with E-state index in [0.29, 0.717) is 17.8 Å². The van der Waals surface area contributed by atoms with Crippen molar-refractivity contribution in [1.29, 1.82) is 0 Å². The van der Waals surface area contributed by atoms with Crippen LogP contribution in [0.5, 0.6) is 11.6 Å². The van der Waals surface area contributed by atoms with Gasteiger partial charge in [0, 0.05) is 18.8 Å². The molecular formula is C15H12F3N3OS. The van der Waals surface area contributed by atoms with Crippen LogP contribution >= 0.6 is 11.3 Å². The van der Waals surface area contributed by atoms with Crippen molar-refractivity contribution < 1.29 is 17.9 Å². The Morgan fingerprint density at radius 1 is 1.22 bits per heavy atom. The number of aryl methyl sites for hydroxylation is 1. The fraction of sp³-hybridized carbons (Fsp3) is 0.200. The first-order valence-corrected chi connectivity index (χ1v) is 7.50. The Morgan fingerprint density at radius 2 is 2.00 bits per heavy atom. The molecule has 120 valence electrons. The summed E-state index contributed by atoms with van der Waals surface area (Å²) in [6.07, 6.45) is -3.68. The molecule has 23 heavy (non-hydrogen) atoms. The van der Waals surface area contributed by atoms with Crippen LogP contribution in [-0.4, -0.2) is 9.97 Å². The minimum Gasteiger partial charge on any atom is -0.437 e. The fourth-order valence-corrected chi connectivity index (χ4v) is 3.06. The normalized spacial score (nSPS) is 11.9. The van der Waals surface area contributed by atoms with E-state index >= 15 is 0 Å². The van der Waals surface area contributed by atoms with Gasteiger partial charge in [0.05, 0.1) is 15.3 Å². The van der Waals surface area contributed by atoms with Crippen molar-refractivity contribution in [1.82, 2.24) is 9.97 Å². The number of pyridine rings is 1. The Labute approximate surface area is 133 Å². The van der Waals surface area contributed by atoms with Crippen molar-refractivity contribution in [3.63, 3.8) is 0 Å². The van der Waals surface area contributed by atoms with Crippen LogP contribution in [0.1, 0.15) is 16.1 Å². The molecule has 0 saturated carbocycles. The molecule has 0 saturated heterocycles. The van der Waals surface area contributed by atoms with E-state index in [2.05, 4.69) is 9.97 Å². The average Bonchev–Trinajstić information content (AvgIpc) is 2.89. The highest BCUT2D eigenvalue weighted by Crippen LogP contribution is 2.35. The van der Waals surface area contributed by atoms with Gasteiger partial charge in [-0.05, 0) is 24.6 Å². The SMILES string of the molecule is Cc1nc2c(Oc3ccc(C(F)(F)F)cn3)ccc(CN)c2s1. The molecule has 4 nitrogen and oxygen atoms in total. The van der Waals surface area contributed by atoms with Crippen LogP contribution in [0.15, 0.2) is 30.5 Å². The molecule has 0 radical (unpaired) electrons. The Hall–Kier alpha value is -2.19. The predicted molar refractivity (Wildman–Crippen MR) is 81.6 cm³/mol. The monoisotopic (exact) mass is 339 g/mol. The quantitative estimate of drug-likeness (QED) is 0.774. The zero-order chi connectivity index (χ0) is 16.6. The van der Waals surface area contributed by atoms with Gasteiger partial charge >= 0.3 is 6.18 Å². The molecule has 0 bridgehead atoms. The zero-order valence-corrected chi connectivity index (χ0v) is 12.8. The molecular weight excluding hydrogens is 327 g/mol. The second-order valence-electron chi connectivity index (χ2n) is 4.82. The van der Waals surface area contributed by atoms with Gasteiger partial charge in [-0.2, -0.15) is 13.2 Å². The molecule has 1 aromatic carbocycles. The molecule has 3 rings (SSSR count). The van der Waals surface area contributed by atoms with Crippen LogP contribution in [0.4, 0.5) is 13.2 Å². The van der Waals surface area contributed by atoms with Crippen LogP contribution in [0.3, 0.4) is 0 Å². The number of thiazole rings is 1. The highest BCUT2D eigenvalue weighted by atomic mass is 32.1. The van der Waals surface area contributed by atoms with Crippen molar-refractivity contribution in [2.24, 2.45) is 5.73 Å². The first kappa shape index (κ1) is 15.7. The van der Waals surface area contributed by atoms with E-state index < -0.39 is 11.7 Å². The van der Waals surface area contributed by atoms with Gasteiger partial charge in [0.1, 0.15) is 5.52 Å². The van der Waals surface area contributed by atoms with Gasteiger partial charge in [0.25, 0.3) is 0 Å². The van der Waals surface area contributed by atoms with E-state index in [1.165, 1.54) is 17.4 Å². The van der Waals surface area contributed by atoms with Crippen molar-refractivity contribution >= 4 is 21.6 Å². The maximum absolute atomic E-state index is 12.5. The summed E-state index contributed by atoms with van der Waals surface area (Å²) in [5.74, 6) is 0.513. The molecule has 0 atom stereocenters. The zero-order valence-electron chi connectivity index (χ0n) is 12.0. The van der Waals surface area contributed by atoms with E-state index in [9.17, 15) is 13.2 Å². The van der Waals surface area contributed by atoms with Gasteiger partial charge < -0.3 is 10.5 Å². The highest BCUT2D eigenvalue weighted by Gasteiger charge is 2.30. The van der Waals surface area contributed by atoms with Crippen LogP contribution < -0.4 is 10.5 Å². The number of benzene rings is 1. The summed E-state index contributed by atoms with van der Waals surface area (Å²) in [6, 6.07) is 5.63. The molecule has 0 amide bonds. The van der Waals surface area contributed by atoms with E-state index in [1.807, 2.05) is 13.0 Å². The predicted octanol–water partition coefficient (Wildman–Crippen LogP) is 4.27. The summed E-state index contributed by atoms with van der Waals surface area (Å²) >= 11 is 1.49. The van der Waals surface area contributed by atoms with Crippen molar-refractivity contribution in [3.8, 4) is 11.6 Å². The molecule has 3 aromatic rings. The maximum atomic E-state index is 12.5. The number of rotatable bonds is 3. The third-order valence-corrected chi connectivity index (χ3v) is 4.24. The van der Waals surface area contributed by atoms with E-state index in [0.717, 1.165) is 27.5 Å². The Morgan fingerprint density at radius 3 is 2.61 bits per heavy atom. The number of halogens is 3. The smallest absolute Gasteiger partial charge is 0.417 e. The van der Waals surface area contributed by atoms with Gasteiger partial charge in [-0.1, -0.05) is 6.07 Å². The highest BCUT2D eigenvalue weighted by molar-refractivity contribution is 7.18. The molecule has 2 N–H and O–H groups in total. The second-order valence-corrected chi connectivity index (χ2v) is 6.03. The van der Waals surface area contributed by atoms with E-state index in [1.54, 1.807) is 6.07 Å². The molecule has 0 aliphatic heterocycles. The molecule has 2 heterocycles. The number of fused-ring (bicyclic) bond motifs is 1. The van der Waals surface area contributed by atoms with E-state index in [-0.39, 0.29) is 5.88 Å². The lowest BCUT2D eigenvalue weighted by atomic mass is 10.2. The summed E-state index contributed by atoms with van der Waals surface area (Å²) in [5, 5.41) is 0.853. The maximum Gasteiger partial charge on any atom is 0.417 e. The number of ether oxygens (including phenoxy) is 1. The number of hydrogen-bond donors (Lipinski definition) is 1. The number of nitrogens with zero attached hydrogens (tertiary/aromatic N) is 2. The topological polar surface area (TPSA) is 61.0 Å². The van der Waals surface area contributed by atoms with Gasteiger partial charge in [-0.3, -0.25) is 0 Å². The number of aromatic nitrogens is 2. The minimum absolute atomic E-state index is 0.0745. The van der Waals surface area contributed by atoms with Crippen molar-refractivity contribution in [3.05, 3.63) is 46.6 Å². The van der Waals surface area contributed by atoms with Crippen LogP contribution in [0.2, 0.25) is 0 Å². The second kappa shape index (κ2) is 5.78. The summed E-state index contributed by atoms with van der Waals surface area (Å²) in [5.41, 5.74) is 6.46. The molecule has 0 spiro atoms. The molecule has 0 aliphatic carbocycles. The summed E-state index contributed by atoms with van der Waals surface area (Å²) < 4.78 is 44.1. The van der Waals surface area contributed by atoms with Crippen LogP contribution in [-0.2, 0) is 12.7 Å².